The summed E-state index contributed by atoms with van der Waals surface area (Å²) in [5.74, 6) is 0.0691. The molecule has 0 fully saturated rings. The Morgan fingerprint density at radius 1 is 1.33 bits per heavy atom. The van der Waals surface area contributed by atoms with Crippen LogP contribution in [0.3, 0.4) is 0 Å². The van der Waals surface area contributed by atoms with E-state index < -0.39 is 12.1 Å². The predicted molar refractivity (Wildman–Crippen MR) is 75.1 cm³/mol. The Balaban J connectivity index is 2.51. The average molecular weight is 301 g/mol. The minimum atomic E-state index is -4.47. The van der Waals surface area contributed by atoms with Gasteiger partial charge >= 0.3 is 6.18 Å². The van der Waals surface area contributed by atoms with Crippen molar-refractivity contribution in [1.29, 1.82) is 0 Å². The zero-order chi connectivity index (χ0) is 16.0. The third-order valence-corrected chi connectivity index (χ3v) is 2.85. The molecule has 0 unspecified atom stereocenters. The first-order valence-electron chi connectivity index (χ1n) is 6.34. The molecule has 0 radical (unpaired) electrons. The molecule has 1 amide bonds. The van der Waals surface area contributed by atoms with Gasteiger partial charge in [0.25, 0.3) is 0 Å². The lowest BCUT2D eigenvalue weighted by Crippen LogP contribution is -2.34. The quantitative estimate of drug-likeness (QED) is 0.784. The largest absolute Gasteiger partial charge is 0.409 e. The lowest BCUT2D eigenvalue weighted by atomic mass is 10.3. The van der Waals surface area contributed by atoms with Gasteiger partial charge in [0, 0.05) is 45.5 Å². The third kappa shape index (κ3) is 6.29. The Morgan fingerprint density at radius 3 is 2.57 bits per heavy atom. The van der Waals surface area contributed by atoms with Crippen LogP contribution in [-0.4, -0.2) is 49.2 Å². The van der Waals surface area contributed by atoms with Gasteiger partial charge in [0.1, 0.15) is 5.82 Å². The maximum Gasteiger partial charge on any atom is 0.409 e. The van der Waals surface area contributed by atoms with Crippen molar-refractivity contribution in [3.63, 3.8) is 0 Å². The molecule has 0 saturated carbocycles. The number of pyridine rings is 1. The summed E-state index contributed by atoms with van der Waals surface area (Å²) in [6.45, 7) is 2.71. The molecule has 21 heavy (non-hydrogen) atoms. The van der Waals surface area contributed by atoms with Gasteiger partial charge in [-0.3, -0.25) is 4.79 Å². The minimum Gasteiger partial charge on any atom is -0.358 e. The Morgan fingerprint density at radius 2 is 2.00 bits per heavy atom. The van der Waals surface area contributed by atoms with E-state index in [-0.39, 0.29) is 6.08 Å². The van der Waals surface area contributed by atoms with Gasteiger partial charge in [-0.15, -0.1) is 0 Å². The van der Waals surface area contributed by atoms with Gasteiger partial charge in [-0.1, -0.05) is 0 Å². The van der Waals surface area contributed by atoms with E-state index in [1.54, 1.807) is 6.20 Å². The van der Waals surface area contributed by atoms with E-state index in [2.05, 4.69) is 4.98 Å². The lowest BCUT2D eigenvalue weighted by Gasteiger charge is -2.22. The van der Waals surface area contributed by atoms with Crippen LogP contribution < -0.4 is 4.90 Å². The number of halogens is 3. The molecule has 0 atom stereocenters. The fourth-order valence-corrected chi connectivity index (χ4v) is 1.55. The van der Waals surface area contributed by atoms with E-state index in [4.69, 9.17) is 0 Å². The Hall–Kier alpha value is -2.05. The molecule has 0 N–H and O–H groups in total. The number of amides is 1. The summed E-state index contributed by atoms with van der Waals surface area (Å²) in [6, 6.07) is 3.76. The highest BCUT2D eigenvalue weighted by atomic mass is 19.4. The topological polar surface area (TPSA) is 36.4 Å². The normalized spacial score (nSPS) is 11.7. The summed E-state index contributed by atoms with van der Waals surface area (Å²) in [5, 5.41) is 0. The standard InChI is InChI=1S/C14H18F3N3O/c1-11-5-7-18-12(10-11)19(2)8-9-20(3)13(21)4-6-14(15,16)17/h4-7,10H,8-9H2,1-3H3/b6-4+. The molecular weight excluding hydrogens is 283 g/mol. The Kier molecular flexibility index (Phi) is 5.75. The van der Waals surface area contributed by atoms with Gasteiger partial charge in [0.05, 0.1) is 0 Å². The van der Waals surface area contributed by atoms with Crippen molar-refractivity contribution < 1.29 is 18.0 Å². The molecule has 116 valence electrons. The summed E-state index contributed by atoms with van der Waals surface area (Å²) < 4.78 is 35.9. The zero-order valence-electron chi connectivity index (χ0n) is 12.2. The summed E-state index contributed by atoms with van der Waals surface area (Å²) >= 11 is 0. The second kappa shape index (κ2) is 7.10. The monoisotopic (exact) mass is 301 g/mol. The van der Waals surface area contributed by atoms with Crippen molar-refractivity contribution in [1.82, 2.24) is 9.88 Å². The van der Waals surface area contributed by atoms with Gasteiger partial charge in [0.15, 0.2) is 0 Å². The van der Waals surface area contributed by atoms with Crippen LogP contribution in [0.1, 0.15) is 5.56 Å². The van der Waals surface area contributed by atoms with Gasteiger partial charge in [-0.2, -0.15) is 13.2 Å². The van der Waals surface area contributed by atoms with Gasteiger partial charge in [0.2, 0.25) is 5.91 Å². The first-order chi connectivity index (χ1) is 9.69. The molecule has 0 aliphatic carbocycles. The molecule has 4 nitrogen and oxygen atoms in total. The average Bonchev–Trinajstić information content (AvgIpc) is 2.40. The number of aryl methyl sites for hydroxylation is 1. The predicted octanol–water partition coefficient (Wildman–Crippen LogP) is 2.40. The van der Waals surface area contributed by atoms with E-state index in [0.29, 0.717) is 19.2 Å². The molecule has 1 aromatic heterocycles. The van der Waals surface area contributed by atoms with Crippen LogP contribution >= 0.6 is 0 Å². The number of anilines is 1. The Bertz CT molecular complexity index is 514. The maximum absolute atomic E-state index is 12.0. The molecule has 0 aliphatic heterocycles. The second-order valence-corrected chi connectivity index (χ2v) is 4.75. The number of carbonyl (C=O) groups is 1. The molecule has 0 aromatic carbocycles. The van der Waals surface area contributed by atoms with Crippen LogP contribution in [0.4, 0.5) is 19.0 Å². The summed E-state index contributed by atoms with van der Waals surface area (Å²) in [7, 11) is 3.27. The van der Waals surface area contributed by atoms with Crippen LogP contribution in [0.2, 0.25) is 0 Å². The molecule has 0 saturated heterocycles. The fourth-order valence-electron chi connectivity index (χ4n) is 1.55. The number of alkyl halides is 3. The van der Waals surface area contributed by atoms with Crippen LogP contribution in [0.5, 0.6) is 0 Å². The van der Waals surface area contributed by atoms with E-state index in [1.165, 1.54) is 11.9 Å². The van der Waals surface area contributed by atoms with Crippen LogP contribution in [0, 0.1) is 6.92 Å². The third-order valence-electron chi connectivity index (χ3n) is 2.85. The SMILES string of the molecule is Cc1ccnc(N(C)CCN(C)C(=O)/C=C/C(F)(F)F)c1. The van der Waals surface area contributed by atoms with Crippen molar-refractivity contribution in [3.05, 3.63) is 36.0 Å². The van der Waals surface area contributed by atoms with Crippen molar-refractivity contribution >= 4 is 11.7 Å². The van der Waals surface area contributed by atoms with E-state index in [0.717, 1.165) is 11.4 Å². The van der Waals surface area contributed by atoms with Gasteiger partial charge < -0.3 is 9.80 Å². The minimum absolute atomic E-state index is 0.0579. The van der Waals surface area contributed by atoms with E-state index in [1.807, 2.05) is 31.0 Å². The highest BCUT2D eigenvalue weighted by Crippen LogP contribution is 2.16. The highest BCUT2D eigenvalue weighted by molar-refractivity contribution is 5.87. The molecule has 7 heteroatoms. The summed E-state index contributed by atoms with van der Waals surface area (Å²) in [6.07, 6.45) is -2.32. The fraction of sp³-hybridized carbons (Fsp3) is 0.429. The second-order valence-electron chi connectivity index (χ2n) is 4.75. The zero-order valence-corrected chi connectivity index (χ0v) is 12.2. The van der Waals surface area contributed by atoms with Crippen LogP contribution in [0.25, 0.3) is 0 Å². The summed E-state index contributed by atoms with van der Waals surface area (Å²) in [4.78, 5) is 18.8. The maximum atomic E-state index is 12.0. The van der Waals surface area contributed by atoms with Gasteiger partial charge in [-0.05, 0) is 24.6 Å². The van der Waals surface area contributed by atoms with Crippen molar-refractivity contribution in [2.75, 3.05) is 32.1 Å². The van der Waals surface area contributed by atoms with Crippen LogP contribution in [0.15, 0.2) is 30.5 Å². The smallest absolute Gasteiger partial charge is 0.358 e. The molecule has 0 aliphatic rings. The number of aromatic nitrogens is 1. The number of carbonyl (C=O) groups excluding carboxylic acids is 1. The molecule has 1 aromatic rings. The highest BCUT2D eigenvalue weighted by Gasteiger charge is 2.23. The summed E-state index contributed by atoms with van der Waals surface area (Å²) in [5.41, 5.74) is 1.06. The van der Waals surface area contributed by atoms with Crippen LogP contribution in [-0.2, 0) is 4.79 Å². The lowest BCUT2D eigenvalue weighted by molar-refractivity contribution is -0.125. The molecular formula is C14H18F3N3O. The number of hydrogen-bond donors (Lipinski definition) is 0. The molecule has 0 bridgehead atoms. The van der Waals surface area contributed by atoms with Crippen molar-refractivity contribution in [3.8, 4) is 0 Å². The van der Waals surface area contributed by atoms with E-state index in [9.17, 15) is 18.0 Å². The number of nitrogens with zero attached hydrogens (tertiary/aromatic N) is 3. The molecule has 1 heterocycles. The molecule has 1 rings (SSSR count). The number of rotatable bonds is 5. The Labute approximate surface area is 121 Å². The van der Waals surface area contributed by atoms with Crippen molar-refractivity contribution in [2.45, 2.75) is 13.1 Å². The first kappa shape index (κ1) is 17.0. The first-order valence-corrected chi connectivity index (χ1v) is 6.34. The number of hydrogen-bond acceptors (Lipinski definition) is 3. The van der Waals surface area contributed by atoms with Gasteiger partial charge in [-0.25, -0.2) is 4.98 Å². The number of likely N-dealkylation sites (N-methyl/N-ethyl adjacent to an activating group) is 2. The van der Waals surface area contributed by atoms with E-state index >= 15 is 0 Å². The van der Waals surface area contributed by atoms with Crippen molar-refractivity contribution in [2.24, 2.45) is 0 Å². The molecule has 0 spiro atoms. The number of allylic oxidation sites excluding steroid dienone is 1.